The number of aromatic nitrogens is 4. The molecule has 2 rings (SSSR count). The summed E-state index contributed by atoms with van der Waals surface area (Å²) in [5.41, 5.74) is 2.10. The summed E-state index contributed by atoms with van der Waals surface area (Å²) in [4.78, 5) is 0. The predicted molar refractivity (Wildman–Crippen MR) is 64.2 cm³/mol. The maximum Gasteiger partial charge on any atom is 0.0762 e. The van der Waals surface area contributed by atoms with Crippen molar-refractivity contribution in [2.45, 2.75) is 13.1 Å². The Morgan fingerprint density at radius 3 is 1.75 bits per heavy atom. The molecule has 0 bridgehead atoms. The van der Waals surface area contributed by atoms with Crippen molar-refractivity contribution in [3.63, 3.8) is 0 Å². The van der Waals surface area contributed by atoms with Crippen LogP contribution in [0.1, 0.15) is 11.4 Å². The Morgan fingerprint density at radius 1 is 1.00 bits per heavy atom. The third kappa shape index (κ3) is 3.36. The lowest BCUT2D eigenvalue weighted by Crippen LogP contribution is -2.13. The van der Waals surface area contributed by atoms with E-state index in [-0.39, 0.29) is 12.4 Å². The summed E-state index contributed by atoms with van der Waals surface area (Å²) in [7, 11) is 3.84. The van der Waals surface area contributed by atoms with Crippen molar-refractivity contribution in [2.24, 2.45) is 14.1 Å². The van der Waals surface area contributed by atoms with Crippen LogP contribution in [-0.4, -0.2) is 19.6 Å². The molecule has 0 spiro atoms. The molecule has 0 aromatic carbocycles. The zero-order valence-corrected chi connectivity index (χ0v) is 10.2. The first-order valence-corrected chi connectivity index (χ1v) is 4.92. The van der Waals surface area contributed by atoms with E-state index in [1.165, 1.54) is 0 Å². The lowest BCUT2D eigenvalue weighted by Gasteiger charge is -1.99. The molecule has 0 saturated heterocycles. The topological polar surface area (TPSA) is 47.7 Å². The summed E-state index contributed by atoms with van der Waals surface area (Å²) in [6.45, 7) is 1.55. The number of nitrogens with zero attached hydrogens (tertiary/aromatic N) is 4. The van der Waals surface area contributed by atoms with E-state index in [9.17, 15) is 0 Å². The smallest absolute Gasteiger partial charge is 0.0762 e. The first kappa shape index (κ1) is 12.7. The predicted octanol–water partition coefficient (Wildman–Crippen LogP) is 0.865. The molecule has 0 aliphatic carbocycles. The third-order valence-electron chi connectivity index (χ3n) is 2.15. The van der Waals surface area contributed by atoms with Crippen LogP contribution >= 0.6 is 12.4 Å². The Labute approximate surface area is 101 Å². The molecule has 0 saturated carbocycles. The van der Waals surface area contributed by atoms with Crippen molar-refractivity contribution in [3.8, 4) is 0 Å². The molecule has 6 heteroatoms. The van der Waals surface area contributed by atoms with Crippen LogP contribution < -0.4 is 5.32 Å². The molecule has 2 aromatic rings. The quantitative estimate of drug-likeness (QED) is 0.864. The number of nitrogens with one attached hydrogen (secondary N) is 1. The lowest BCUT2D eigenvalue weighted by atomic mass is 10.4. The van der Waals surface area contributed by atoms with Crippen LogP contribution in [-0.2, 0) is 27.2 Å². The van der Waals surface area contributed by atoms with Crippen LogP contribution in [0.2, 0.25) is 0 Å². The number of halogens is 1. The molecule has 0 fully saturated rings. The number of rotatable bonds is 4. The van der Waals surface area contributed by atoms with Gasteiger partial charge in [-0.15, -0.1) is 12.4 Å². The van der Waals surface area contributed by atoms with Gasteiger partial charge in [-0.1, -0.05) is 0 Å². The van der Waals surface area contributed by atoms with Gasteiger partial charge in [0.1, 0.15) is 0 Å². The molecular weight excluding hydrogens is 226 g/mol. The molecule has 2 aromatic heterocycles. The number of hydrogen-bond acceptors (Lipinski definition) is 3. The van der Waals surface area contributed by atoms with Gasteiger partial charge in [0, 0.05) is 39.6 Å². The highest BCUT2D eigenvalue weighted by atomic mass is 35.5. The number of hydrogen-bond donors (Lipinski definition) is 1. The Kier molecular flexibility index (Phi) is 4.52. The normalized spacial score (nSPS) is 10.1. The summed E-state index contributed by atoms with van der Waals surface area (Å²) in [5, 5.41) is 11.8. The van der Waals surface area contributed by atoms with Crippen LogP contribution in [0.5, 0.6) is 0 Å². The van der Waals surface area contributed by atoms with E-state index in [0.29, 0.717) is 0 Å². The molecule has 0 aliphatic rings. The lowest BCUT2D eigenvalue weighted by molar-refractivity contribution is 0.635. The Bertz CT molecular complexity index is 394. The van der Waals surface area contributed by atoms with Gasteiger partial charge in [-0.25, -0.2) is 0 Å². The van der Waals surface area contributed by atoms with Crippen LogP contribution in [0, 0.1) is 0 Å². The highest BCUT2D eigenvalue weighted by Crippen LogP contribution is 1.96. The zero-order chi connectivity index (χ0) is 10.7. The van der Waals surface area contributed by atoms with Gasteiger partial charge in [0.05, 0.1) is 11.4 Å². The van der Waals surface area contributed by atoms with Crippen LogP contribution in [0.3, 0.4) is 0 Å². The van der Waals surface area contributed by atoms with Crippen molar-refractivity contribution < 1.29 is 0 Å². The van der Waals surface area contributed by atoms with E-state index in [2.05, 4.69) is 15.5 Å². The molecule has 0 aliphatic heterocycles. The molecular formula is C10H16ClN5. The Hall–Kier alpha value is -1.33. The van der Waals surface area contributed by atoms with E-state index < -0.39 is 0 Å². The number of aryl methyl sites for hydroxylation is 2. The van der Waals surface area contributed by atoms with E-state index in [0.717, 1.165) is 24.5 Å². The van der Waals surface area contributed by atoms with Crippen LogP contribution in [0.25, 0.3) is 0 Å². The van der Waals surface area contributed by atoms with E-state index in [4.69, 9.17) is 0 Å². The molecule has 2 heterocycles. The second-order valence-corrected chi connectivity index (χ2v) is 3.57. The molecule has 5 nitrogen and oxygen atoms in total. The van der Waals surface area contributed by atoms with Crippen molar-refractivity contribution in [1.29, 1.82) is 0 Å². The van der Waals surface area contributed by atoms with Crippen molar-refractivity contribution in [1.82, 2.24) is 24.9 Å². The van der Waals surface area contributed by atoms with Gasteiger partial charge in [-0.2, -0.15) is 10.2 Å². The molecule has 0 atom stereocenters. The summed E-state index contributed by atoms with van der Waals surface area (Å²) < 4.78 is 3.61. The molecule has 0 radical (unpaired) electrons. The van der Waals surface area contributed by atoms with Gasteiger partial charge in [-0.3, -0.25) is 9.36 Å². The molecule has 88 valence electrons. The van der Waals surface area contributed by atoms with E-state index in [1.807, 2.05) is 38.6 Å². The fourth-order valence-corrected chi connectivity index (χ4v) is 1.43. The van der Waals surface area contributed by atoms with E-state index >= 15 is 0 Å². The maximum absolute atomic E-state index is 4.28. The summed E-state index contributed by atoms with van der Waals surface area (Å²) in [6.07, 6.45) is 3.88. The maximum atomic E-state index is 4.28. The minimum Gasteiger partial charge on any atom is -0.305 e. The summed E-state index contributed by atoms with van der Waals surface area (Å²) in [6, 6.07) is 4.01. The Balaban J connectivity index is 0.00000128. The van der Waals surface area contributed by atoms with Crippen LogP contribution in [0.15, 0.2) is 24.5 Å². The van der Waals surface area contributed by atoms with Crippen molar-refractivity contribution >= 4 is 12.4 Å². The standard InChI is InChI=1S/C10H15N5.ClH/c1-14-5-3-9(12-14)7-11-8-10-4-6-15(2)13-10;/h3-6,11H,7-8H2,1-2H3;1H. The fraction of sp³-hybridized carbons (Fsp3) is 0.400. The van der Waals surface area contributed by atoms with Crippen LogP contribution in [0.4, 0.5) is 0 Å². The molecule has 1 N–H and O–H groups in total. The minimum absolute atomic E-state index is 0. The monoisotopic (exact) mass is 241 g/mol. The van der Waals surface area contributed by atoms with Gasteiger partial charge in [0.15, 0.2) is 0 Å². The highest BCUT2D eigenvalue weighted by Gasteiger charge is 1.98. The average molecular weight is 242 g/mol. The van der Waals surface area contributed by atoms with Crippen molar-refractivity contribution in [2.75, 3.05) is 0 Å². The van der Waals surface area contributed by atoms with Gasteiger partial charge < -0.3 is 5.32 Å². The van der Waals surface area contributed by atoms with Gasteiger partial charge in [0.2, 0.25) is 0 Å². The second-order valence-electron chi connectivity index (χ2n) is 3.57. The zero-order valence-electron chi connectivity index (χ0n) is 9.42. The first-order valence-electron chi connectivity index (χ1n) is 4.92. The summed E-state index contributed by atoms with van der Waals surface area (Å²) in [5.74, 6) is 0. The highest BCUT2D eigenvalue weighted by molar-refractivity contribution is 5.85. The first-order chi connectivity index (χ1) is 7.24. The average Bonchev–Trinajstić information content (AvgIpc) is 2.76. The van der Waals surface area contributed by atoms with Crippen molar-refractivity contribution in [3.05, 3.63) is 35.9 Å². The van der Waals surface area contributed by atoms with E-state index in [1.54, 1.807) is 9.36 Å². The second kappa shape index (κ2) is 5.67. The largest absolute Gasteiger partial charge is 0.305 e. The molecule has 0 unspecified atom stereocenters. The van der Waals surface area contributed by atoms with Gasteiger partial charge in [-0.05, 0) is 12.1 Å². The van der Waals surface area contributed by atoms with Gasteiger partial charge in [0.25, 0.3) is 0 Å². The third-order valence-corrected chi connectivity index (χ3v) is 2.15. The Morgan fingerprint density at radius 2 is 1.44 bits per heavy atom. The molecule has 0 amide bonds. The molecule has 16 heavy (non-hydrogen) atoms. The minimum atomic E-state index is 0. The SMILES string of the molecule is Cl.Cn1ccc(CNCc2ccn(C)n2)n1. The summed E-state index contributed by atoms with van der Waals surface area (Å²) >= 11 is 0. The fourth-order valence-electron chi connectivity index (χ4n) is 1.43. The van der Waals surface area contributed by atoms with Gasteiger partial charge >= 0.3 is 0 Å².